The van der Waals surface area contributed by atoms with Crippen LogP contribution in [0.15, 0.2) is 0 Å². The van der Waals surface area contributed by atoms with E-state index in [2.05, 4.69) is 10.2 Å². The third-order valence-corrected chi connectivity index (χ3v) is 5.03. The Morgan fingerprint density at radius 1 is 0.833 bits per heavy atom. The average Bonchev–Trinajstić information content (AvgIpc) is 2.72. The van der Waals surface area contributed by atoms with Crippen molar-refractivity contribution >= 4 is 24.8 Å². The van der Waals surface area contributed by atoms with Crippen LogP contribution >= 0.6 is 24.8 Å². The van der Waals surface area contributed by atoms with Gasteiger partial charge in [-0.15, -0.1) is 24.8 Å². The maximum absolute atomic E-state index is 3.47. The van der Waals surface area contributed by atoms with E-state index >= 15 is 0 Å². The van der Waals surface area contributed by atoms with Gasteiger partial charge in [-0.25, -0.2) is 0 Å². The molecule has 1 N–H and O–H groups in total. The second kappa shape index (κ2) is 7.94. The molecule has 0 aromatic heterocycles. The van der Waals surface area contributed by atoms with Crippen LogP contribution in [-0.4, -0.2) is 37.6 Å². The van der Waals surface area contributed by atoms with E-state index < -0.39 is 0 Å². The predicted octanol–water partition coefficient (Wildman–Crippen LogP) is 2.95. The van der Waals surface area contributed by atoms with Crippen LogP contribution in [-0.2, 0) is 0 Å². The lowest BCUT2D eigenvalue weighted by Gasteiger charge is -2.27. The fourth-order valence-electron chi connectivity index (χ4n) is 4.08. The number of nitrogens with one attached hydrogen (secondary N) is 1. The number of hydrogen-bond acceptors (Lipinski definition) is 2. The number of nitrogens with zero attached hydrogens (tertiary/aromatic N) is 1. The summed E-state index contributed by atoms with van der Waals surface area (Å²) in [6.07, 6.45) is 8.86. The molecule has 2 saturated heterocycles. The summed E-state index contributed by atoms with van der Waals surface area (Å²) < 4.78 is 0. The third kappa shape index (κ3) is 4.00. The van der Waals surface area contributed by atoms with Crippen molar-refractivity contribution in [2.75, 3.05) is 32.7 Å². The second-order valence-corrected chi connectivity index (χ2v) is 6.22. The van der Waals surface area contributed by atoms with Gasteiger partial charge in [0, 0.05) is 19.6 Å². The molecule has 0 bridgehead atoms. The minimum Gasteiger partial charge on any atom is -0.317 e. The molecule has 3 fully saturated rings. The molecule has 1 saturated carbocycles. The second-order valence-electron chi connectivity index (χ2n) is 6.22. The Balaban J connectivity index is 0.000000810. The van der Waals surface area contributed by atoms with Crippen LogP contribution in [0.1, 0.15) is 38.5 Å². The first-order valence-electron chi connectivity index (χ1n) is 7.35. The highest BCUT2D eigenvalue weighted by Gasteiger charge is 2.34. The van der Waals surface area contributed by atoms with Gasteiger partial charge in [-0.1, -0.05) is 12.8 Å². The molecule has 3 aliphatic rings. The number of hydrogen-bond donors (Lipinski definition) is 1. The molecule has 0 amide bonds. The Morgan fingerprint density at radius 3 is 1.94 bits per heavy atom. The SMILES string of the molecule is C1CC[C@H]2CN(CC3CCNCC3)C[C@H]2C1.Cl.Cl. The van der Waals surface area contributed by atoms with Crippen molar-refractivity contribution < 1.29 is 0 Å². The van der Waals surface area contributed by atoms with E-state index in [1.54, 1.807) is 0 Å². The minimum atomic E-state index is 0. The molecule has 0 spiro atoms. The zero-order chi connectivity index (χ0) is 10.8. The Morgan fingerprint density at radius 2 is 1.39 bits per heavy atom. The van der Waals surface area contributed by atoms with Crippen LogP contribution < -0.4 is 5.32 Å². The molecular formula is C14H28Cl2N2. The fourth-order valence-corrected chi connectivity index (χ4v) is 4.08. The predicted molar refractivity (Wildman–Crippen MR) is 82.0 cm³/mol. The molecule has 18 heavy (non-hydrogen) atoms. The van der Waals surface area contributed by atoms with E-state index in [0.29, 0.717) is 0 Å². The number of fused-ring (bicyclic) bond motifs is 1. The number of rotatable bonds is 2. The molecule has 4 heteroatoms. The number of halogens is 2. The molecule has 0 unspecified atom stereocenters. The number of piperidine rings is 1. The van der Waals surface area contributed by atoms with Crippen LogP contribution in [0.25, 0.3) is 0 Å². The van der Waals surface area contributed by atoms with Crippen molar-refractivity contribution in [3.05, 3.63) is 0 Å². The normalized spacial score (nSPS) is 33.3. The summed E-state index contributed by atoms with van der Waals surface area (Å²) in [7, 11) is 0. The van der Waals surface area contributed by atoms with Gasteiger partial charge >= 0.3 is 0 Å². The van der Waals surface area contributed by atoms with E-state index in [1.165, 1.54) is 71.2 Å². The topological polar surface area (TPSA) is 15.3 Å². The van der Waals surface area contributed by atoms with Crippen molar-refractivity contribution in [2.24, 2.45) is 17.8 Å². The lowest BCUT2D eigenvalue weighted by Crippen LogP contribution is -2.35. The van der Waals surface area contributed by atoms with Gasteiger partial charge in [0.1, 0.15) is 0 Å². The molecule has 2 heterocycles. The molecule has 0 radical (unpaired) electrons. The highest BCUT2D eigenvalue weighted by atomic mass is 35.5. The van der Waals surface area contributed by atoms with Crippen molar-refractivity contribution in [3.63, 3.8) is 0 Å². The Hall–Kier alpha value is 0.500. The van der Waals surface area contributed by atoms with Crippen LogP contribution in [0.2, 0.25) is 0 Å². The molecular weight excluding hydrogens is 267 g/mol. The fraction of sp³-hybridized carbons (Fsp3) is 1.00. The Kier molecular flexibility index (Phi) is 7.30. The van der Waals surface area contributed by atoms with Crippen LogP contribution in [0.4, 0.5) is 0 Å². The van der Waals surface area contributed by atoms with Gasteiger partial charge in [0.25, 0.3) is 0 Å². The van der Waals surface area contributed by atoms with E-state index in [9.17, 15) is 0 Å². The third-order valence-electron chi connectivity index (χ3n) is 5.03. The molecule has 0 aromatic rings. The van der Waals surface area contributed by atoms with Gasteiger partial charge in [-0.05, 0) is 56.5 Å². The largest absolute Gasteiger partial charge is 0.317 e. The zero-order valence-corrected chi connectivity index (χ0v) is 12.9. The summed E-state index contributed by atoms with van der Waals surface area (Å²) in [6, 6.07) is 0. The van der Waals surface area contributed by atoms with Gasteiger partial charge in [-0.2, -0.15) is 0 Å². The van der Waals surface area contributed by atoms with Crippen molar-refractivity contribution in [1.82, 2.24) is 10.2 Å². The lowest BCUT2D eigenvalue weighted by molar-refractivity contribution is 0.232. The molecule has 1 aliphatic carbocycles. The van der Waals surface area contributed by atoms with Crippen molar-refractivity contribution in [2.45, 2.75) is 38.5 Å². The van der Waals surface area contributed by atoms with Gasteiger partial charge in [0.2, 0.25) is 0 Å². The van der Waals surface area contributed by atoms with E-state index in [0.717, 1.165) is 17.8 Å². The van der Waals surface area contributed by atoms with Crippen molar-refractivity contribution in [1.29, 1.82) is 0 Å². The number of likely N-dealkylation sites (tertiary alicyclic amines) is 1. The molecule has 3 rings (SSSR count). The van der Waals surface area contributed by atoms with Crippen molar-refractivity contribution in [3.8, 4) is 0 Å². The molecule has 108 valence electrons. The summed E-state index contributed by atoms with van der Waals surface area (Å²) in [5.74, 6) is 3.12. The summed E-state index contributed by atoms with van der Waals surface area (Å²) >= 11 is 0. The first kappa shape index (κ1) is 16.6. The average molecular weight is 295 g/mol. The summed E-state index contributed by atoms with van der Waals surface area (Å²) in [6.45, 7) is 6.76. The summed E-state index contributed by atoms with van der Waals surface area (Å²) in [5, 5.41) is 3.47. The Bertz CT molecular complexity index is 218. The maximum Gasteiger partial charge on any atom is 0.00130 e. The maximum atomic E-state index is 3.47. The van der Waals surface area contributed by atoms with Crippen LogP contribution in [0, 0.1) is 17.8 Å². The first-order valence-corrected chi connectivity index (χ1v) is 7.35. The quantitative estimate of drug-likeness (QED) is 0.842. The smallest absolute Gasteiger partial charge is 0.00130 e. The van der Waals surface area contributed by atoms with Crippen LogP contribution in [0.3, 0.4) is 0 Å². The van der Waals surface area contributed by atoms with Gasteiger partial charge < -0.3 is 10.2 Å². The van der Waals surface area contributed by atoms with Gasteiger partial charge in [-0.3, -0.25) is 0 Å². The standard InChI is InChI=1S/C14H26N2.2ClH/c1-2-4-14-11-16(10-13(14)3-1)9-12-5-7-15-8-6-12;;/h12-15H,1-11H2;2*1H/t13-,14+;;. The first-order chi connectivity index (χ1) is 7.92. The van der Waals surface area contributed by atoms with Crippen LogP contribution in [0.5, 0.6) is 0 Å². The van der Waals surface area contributed by atoms with E-state index in [-0.39, 0.29) is 24.8 Å². The van der Waals surface area contributed by atoms with Gasteiger partial charge in [0.05, 0.1) is 0 Å². The van der Waals surface area contributed by atoms with E-state index in [1.807, 2.05) is 0 Å². The zero-order valence-electron chi connectivity index (χ0n) is 11.3. The molecule has 2 aliphatic heterocycles. The molecule has 0 aromatic carbocycles. The molecule has 2 atom stereocenters. The van der Waals surface area contributed by atoms with Gasteiger partial charge in [0.15, 0.2) is 0 Å². The highest BCUT2D eigenvalue weighted by molar-refractivity contribution is 5.85. The van der Waals surface area contributed by atoms with E-state index in [4.69, 9.17) is 0 Å². The highest BCUT2D eigenvalue weighted by Crippen LogP contribution is 2.36. The molecule has 2 nitrogen and oxygen atoms in total. The lowest BCUT2D eigenvalue weighted by atomic mass is 9.82. The Labute approximate surface area is 124 Å². The minimum absolute atomic E-state index is 0. The monoisotopic (exact) mass is 294 g/mol. The summed E-state index contributed by atoms with van der Waals surface area (Å²) in [5.41, 5.74) is 0. The summed E-state index contributed by atoms with van der Waals surface area (Å²) in [4.78, 5) is 2.79.